The fourth-order valence-electron chi connectivity index (χ4n) is 2.71. The van der Waals surface area contributed by atoms with E-state index in [1.807, 2.05) is 24.4 Å². The highest BCUT2D eigenvalue weighted by atomic mass is 32.1. The molecule has 3 nitrogen and oxygen atoms in total. The zero-order chi connectivity index (χ0) is 17.1. The van der Waals surface area contributed by atoms with Crippen LogP contribution in [-0.2, 0) is 0 Å². The molecule has 3 aromatic rings. The molecule has 0 bridgehead atoms. The molecule has 0 fully saturated rings. The zero-order valence-corrected chi connectivity index (χ0v) is 14.9. The summed E-state index contributed by atoms with van der Waals surface area (Å²) in [5, 5.41) is 5.03. The molecule has 0 aliphatic heterocycles. The van der Waals surface area contributed by atoms with Crippen LogP contribution < -0.4 is 5.32 Å². The molecule has 4 heteroatoms. The second-order valence-electron chi connectivity index (χ2n) is 5.92. The third-order valence-corrected chi connectivity index (χ3v) is 5.02. The normalized spacial score (nSPS) is 12.0. The molecule has 1 aromatic carbocycles. The summed E-state index contributed by atoms with van der Waals surface area (Å²) < 4.78 is 0. The van der Waals surface area contributed by atoms with E-state index in [1.54, 1.807) is 23.7 Å². The minimum Gasteiger partial charge on any atom is -0.345 e. The number of hydrogen-bond donors (Lipinski definition) is 1. The van der Waals surface area contributed by atoms with E-state index in [9.17, 15) is 4.79 Å². The number of rotatable bonds is 4. The molecule has 0 aliphatic rings. The lowest BCUT2D eigenvalue weighted by Crippen LogP contribution is -2.26. The van der Waals surface area contributed by atoms with Gasteiger partial charge in [0.15, 0.2) is 0 Å². The first kappa shape index (κ1) is 16.4. The highest BCUT2D eigenvalue weighted by molar-refractivity contribution is 7.10. The molecule has 0 spiro atoms. The van der Waals surface area contributed by atoms with Crippen LogP contribution in [0.25, 0.3) is 11.1 Å². The van der Waals surface area contributed by atoms with E-state index in [2.05, 4.69) is 48.4 Å². The van der Waals surface area contributed by atoms with Crippen LogP contribution in [0.1, 0.15) is 39.3 Å². The van der Waals surface area contributed by atoms with E-state index in [0.717, 1.165) is 27.1 Å². The molecule has 122 valence electrons. The number of carbonyl (C=O) groups is 1. The topological polar surface area (TPSA) is 42.0 Å². The zero-order valence-electron chi connectivity index (χ0n) is 14.0. The summed E-state index contributed by atoms with van der Waals surface area (Å²) in [6.07, 6.45) is 3.48. The summed E-state index contributed by atoms with van der Waals surface area (Å²) in [5.41, 5.74) is 5.11. The van der Waals surface area contributed by atoms with Gasteiger partial charge in [-0.2, -0.15) is 0 Å². The lowest BCUT2D eigenvalue weighted by molar-refractivity contribution is 0.0941. The van der Waals surface area contributed by atoms with Crippen molar-refractivity contribution in [3.8, 4) is 11.1 Å². The van der Waals surface area contributed by atoms with Gasteiger partial charge in [0.1, 0.15) is 0 Å². The molecule has 1 amide bonds. The van der Waals surface area contributed by atoms with Gasteiger partial charge in [-0.15, -0.1) is 11.3 Å². The minimum atomic E-state index is -0.0634. The Morgan fingerprint density at radius 3 is 2.42 bits per heavy atom. The van der Waals surface area contributed by atoms with Gasteiger partial charge in [-0.3, -0.25) is 9.78 Å². The number of aryl methyl sites for hydroxylation is 2. The number of aromatic nitrogens is 1. The van der Waals surface area contributed by atoms with E-state index >= 15 is 0 Å². The van der Waals surface area contributed by atoms with Crippen molar-refractivity contribution in [2.24, 2.45) is 0 Å². The Morgan fingerprint density at radius 2 is 1.75 bits per heavy atom. The van der Waals surface area contributed by atoms with Crippen molar-refractivity contribution < 1.29 is 4.79 Å². The van der Waals surface area contributed by atoms with Gasteiger partial charge in [-0.25, -0.2) is 0 Å². The fraction of sp³-hybridized carbons (Fsp3) is 0.200. The molecular formula is C20H20N2OS. The van der Waals surface area contributed by atoms with E-state index in [-0.39, 0.29) is 11.9 Å². The van der Waals surface area contributed by atoms with Gasteiger partial charge in [0.05, 0.1) is 11.6 Å². The quantitative estimate of drug-likeness (QED) is 0.735. The predicted molar refractivity (Wildman–Crippen MR) is 99.3 cm³/mol. The maximum absolute atomic E-state index is 12.8. The molecule has 1 N–H and O–H groups in total. The lowest BCUT2D eigenvalue weighted by Gasteiger charge is -2.15. The number of nitrogens with zero attached hydrogens (tertiary/aromatic N) is 1. The standard InChI is InChI=1S/C20H20N2OS/c1-13-4-6-17(7-5-13)19-15(3)24-12-18(19)20(23)22-14(2)16-8-10-21-11-9-16/h4-12,14H,1-3H3,(H,22,23)/t14-/m1/s1. The van der Waals surface area contributed by atoms with Crippen molar-refractivity contribution in [2.45, 2.75) is 26.8 Å². The van der Waals surface area contributed by atoms with Gasteiger partial charge in [-0.05, 0) is 44.0 Å². The highest BCUT2D eigenvalue weighted by Gasteiger charge is 2.19. The van der Waals surface area contributed by atoms with Crippen LogP contribution in [0, 0.1) is 13.8 Å². The maximum Gasteiger partial charge on any atom is 0.253 e. The molecule has 2 heterocycles. The molecular weight excluding hydrogens is 316 g/mol. The fourth-order valence-corrected chi connectivity index (χ4v) is 3.58. The van der Waals surface area contributed by atoms with E-state index < -0.39 is 0 Å². The molecule has 24 heavy (non-hydrogen) atoms. The Bertz CT molecular complexity index is 838. The maximum atomic E-state index is 12.8. The van der Waals surface area contributed by atoms with Gasteiger partial charge >= 0.3 is 0 Å². The summed E-state index contributed by atoms with van der Waals surface area (Å²) in [6.45, 7) is 6.11. The Morgan fingerprint density at radius 1 is 1.08 bits per heavy atom. The van der Waals surface area contributed by atoms with Crippen LogP contribution in [0.2, 0.25) is 0 Å². The average molecular weight is 336 g/mol. The summed E-state index contributed by atoms with van der Waals surface area (Å²) in [5.74, 6) is -0.0424. The lowest BCUT2D eigenvalue weighted by atomic mass is 10.00. The number of thiophene rings is 1. The highest BCUT2D eigenvalue weighted by Crippen LogP contribution is 2.32. The molecule has 3 rings (SSSR count). The Balaban J connectivity index is 1.87. The third kappa shape index (κ3) is 3.39. The van der Waals surface area contributed by atoms with Crippen LogP contribution in [-0.4, -0.2) is 10.9 Å². The SMILES string of the molecule is Cc1ccc(-c2c(C(=O)N[C@H](C)c3ccncc3)csc2C)cc1. The number of benzene rings is 1. The van der Waals surface area contributed by atoms with Crippen molar-refractivity contribution >= 4 is 17.2 Å². The summed E-state index contributed by atoms with van der Waals surface area (Å²) in [4.78, 5) is 18.0. The largest absolute Gasteiger partial charge is 0.345 e. The van der Waals surface area contributed by atoms with E-state index in [1.165, 1.54) is 5.56 Å². The Hall–Kier alpha value is -2.46. The molecule has 0 aliphatic carbocycles. The monoisotopic (exact) mass is 336 g/mol. The van der Waals surface area contributed by atoms with Crippen molar-refractivity contribution in [1.29, 1.82) is 0 Å². The van der Waals surface area contributed by atoms with Crippen LogP contribution in [0.5, 0.6) is 0 Å². The van der Waals surface area contributed by atoms with E-state index in [0.29, 0.717) is 0 Å². The molecule has 0 unspecified atom stereocenters. The van der Waals surface area contributed by atoms with Crippen molar-refractivity contribution in [2.75, 3.05) is 0 Å². The van der Waals surface area contributed by atoms with Gasteiger partial charge in [-0.1, -0.05) is 29.8 Å². The van der Waals surface area contributed by atoms with Gasteiger partial charge in [0.25, 0.3) is 5.91 Å². The van der Waals surface area contributed by atoms with Crippen molar-refractivity contribution in [3.05, 3.63) is 75.7 Å². The first-order valence-electron chi connectivity index (χ1n) is 7.92. The molecule has 0 saturated carbocycles. The molecule has 2 aromatic heterocycles. The second kappa shape index (κ2) is 6.97. The Labute approximate surface area is 146 Å². The molecule has 0 radical (unpaired) electrons. The summed E-state index contributed by atoms with van der Waals surface area (Å²) in [6, 6.07) is 12.1. The first-order chi connectivity index (χ1) is 11.6. The smallest absolute Gasteiger partial charge is 0.253 e. The third-order valence-electron chi connectivity index (χ3n) is 4.11. The van der Waals surface area contributed by atoms with Crippen LogP contribution in [0.3, 0.4) is 0 Å². The molecule has 0 saturated heterocycles. The van der Waals surface area contributed by atoms with Crippen LogP contribution in [0.15, 0.2) is 54.2 Å². The number of amides is 1. The minimum absolute atomic E-state index is 0.0424. The number of hydrogen-bond acceptors (Lipinski definition) is 3. The Kier molecular flexibility index (Phi) is 4.76. The van der Waals surface area contributed by atoms with Crippen LogP contribution >= 0.6 is 11.3 Å². The van der Waals surface area contributed by atoms with Crippen LogP contribution in [0.4, 0.5) is 0 Å². The van der Waals surface area contributed by atoms with Gasteiger partial charge in [0.2, 0.25) is 0 Å². The van der Waals surface area contributed by atoms with Crippen molar-refractivity contribution in [3.63, 3.8) is 0 Å². The van der Waals surface area contributed by atoms with Gasteiger partial charge in [0, 0.05) is 28.2 Å². The van der Waals surface area contributed by atoms with Gasteiger partial charge < -0.3 is 5.32 Å². The second-order valence-corrected chi connectivity index (χ2v) is 7.01. The van der Waals surface area contributed by atoms with E-state index in [4.69, 9.17) is 0 Å². The number of nitrogens with one attached hydrogen (secondary N) is 1. The summed E-state index contributed by atoms with van der Waals surface area (Å²) >= 11 is 1.61. The molecule has 1 atom stereocenters. The number of pyridine rings is 1. The van der Waals surface area contributed by atoms with Crippen molar-refractivity contribution in [1.82, 2.24) is 10.3 Å². The average Bonchev–Trinajstić information content (AvgIpc) is 2.98. The summed E-state index contributed by atoms with van der Waals surface area (Å²) in [7, 11) is 0. The number of carbonyl (C=O) groups excluding carboxylic acids is 1. The predicted octanol–water partition coefficient (Wildman–Crippen LogP) is 4.92. The first-order valence-corrected chi connectivity index (χ1v) is 8.80.